The number of ether oxygens (including phenoxy) is 2. The van der Waals surface area contributed by atoms with Gasteiger partial charge in [0.05, 0.1) is 4.70 Å². The molecule has 0 saturated carbocycles. The quantitative estimate of drug-likeness (QED) is 0.718. The number of aryl methyl sites for hydroxylation is 1. The van der Waals surface area contributed by atoms with Gasteiger partial charge in [0, 0.05) is 12.0 Å². The van der Waals surface area contributed by atoms with Crippen LogP contribution in [0.3, 0.4) is 0 Å². The zero-order valence-corrected chi connectivity index (χ0v) is 16.1. The van der Waals surface area contributed by atoms with Crippen molar-refractivity contribution in [1.29, 1.82) is 0 Å². The highest BCUT2D eigenvalue weighted by Gasteiger charge is 2.32. The van der Waals surface area contributed by atoms with Gasteiger partial charge in [0.25, 0.3) is 5.91 Å². The molecular formula is C20H19FN2O3S. The van der Waals surface area contributed by atoms with E-state index in [2.05, 4.69) is 10.3 Å². The summed E-state index contributed by atoms with van der Waals surface area (Å²) in [4.78, 5) is 16.4. The van der Waals surface area contributed by atoms with Gasteiger partial charge in [-0.2, -0.15) is 0 Å². The largest absolute Gasteiger partial charge is 0.483 e. The standard InChI is InChI=1S/C20H19FN2O3S/c1-11-7-8-14-17(16(11)21)23-19(27-14)22-15(24)10-25-13-6-4-5-12-9-20(2,3)26-18(12)13/h4-8H,9-10H2,1-3H3,(H,22,23,24). The van der Waals surface area contributed by atoms with Gasteiger partial charge in [0.2, 0.25) is 0 Å². The summed E-state index contributed by atoms with van der Waals surface area (Å²) in [7, 11) is 0. The molecule has 0 fully saturated rings. The molecule has 27 heavy (non-hydrogen) atoms. The van der Waals surface area contributed by atoms with Gasteiger partial charge in [-0.05, 0) is 38.5 Å². The highest BCUT2D eigenvalue weighted by atomic mass is 32.1. The van der Waals surface area contributed by atoms with Crippen LogP contribution in [0, 0.1) is 12.7 Å². The van der Waals surface area contributed by atoms with E-state index in [0.717, 1.165) is 12.0 Å². The fourth-order valence-electron chi connectivity index (χ4n) is 3.12. The first-order valence-corrected chi connectivity index (χ1v) is 9.43. The topological polar surface area (TPSA) is 60.5 Å². The molecule has 2 heterocycles. The van der Waals surface area contributed by atoms with E-state index < -0.39 is 0 Å². The molecule has 0 unspecified atom stereocenters. The van der Waals surface area contributed by atoms with Crippen LogP contribution in [0.2, 0.25) is 0 Å². The summed E-state index contributed by atoms with van der Waals surface area (Å²) >= 11 is 1.23. The van der Waals surface area contributed by atoms with E-state index in [1.807, 2.05) is 26.0 Å². The molecule has 1 aliphatic heterocycles. The number of thiazole rings is 1. The van der Waals surface area contributed by atoms with E-state index in [1.54, 1.807) is 25.1 Å². The smallest absolute Gasteiger partial charge is 0.264 e. The summed E-state index contributed by atoms with van der Waals surface area (Å²) in [6.07, 6.45) is 0.794. The third-order valence-electron chi connectivity index (χ3n) is 4.35. The molecule has 5 nitrogen and oxygen atoms in total. The molecule has 3 aromatic rings. The second kappa shape index (κ2) is 6.49. The summed E-state index contributed by atoms with van der Waals surface area (Å²) in [5.41, 5.74) is 1.57. The first kappa shape index (κ1) is 17.7. The number of aromatic nitrogens is 1. The predicted octanol–water partition coefficient (Wildman–Crippen LogP) is 4.47. The number of benzene rings is 2. The van der Waals surface area contributed by atoms with Crippen molar-refractivity contribution in [2.24, 2.45) is 0 Å². The Morgan fingerprint density at radius 3 is 3.00 bits per heavy atom. The van der Waals surface area contributed by atoms with E-state index in [-0.39, 0.29) is 29.4 Å². The fourth-order valence-corrected chi connectivity index (χ4v) is 3.99. The molecule has 4 rings (SSSR count). The van der Waals surface area contributed by atoms with Crippen LogP contribution in [0.25, 0.3) is 10.2 Å². The van der Waals surface area contributed by atoms with Crippen molar-refractivity contribution in [3.05, 3.63) is 47.3 Å². The second-order valence-electron chi connectivity index (χ2n) is 7.18. The molecule has 2 aromatic carbocycles. The Morgan fingerprint density at radius 2 is 2.19 bits per heavy atom. The maximum absolute atomic E-state index is 14.1. The molecule has 0 atom stereocenters. The summed E-state index contributed by atoms with van der Waals surface area (Å²) < 4.78 is 26.4. The summed E-state index contributed by atoms with van der Waals surface area (Å²) in [6, 6.07) is 9.15. The lowest BCUT2D eigenvalue weighted by Crippen LogP contribution is -2.25. The van der Waals surface area contributed by atoms with Crippen LogP contribution in [0.1, 0.15) is 25.0 Å². The van der Waals surface area contributed by atoms with Crippen molar-refractivity contribution < 1.29 is 18.7 Å². The normalized spacial score (nSPS) is 14.7. The van der Waals surface area contributed by atoms with Crippen molar-refractivity contribution in [3.63, 3.8) is 0 Å². The zero-order chi connectivity index (χ0) is 19.2. The molecule has 0 bridgehead atoms. The van der Waals surface area contributed by atoms with Crippen molar-refractivity contribution in [2.45, 2.75) is 32.8 Å². The average Bonchev–Trinajstić information content (AvgIpc) is 3.15. The van der Waals surface area contributed by atoms with Gasteiger partial charge in [-0.25, -0.2) is 9.37 Å². The van der Waals surface area contributed by atoms with Gasteiger partial charge in [-0.1, -0.05) is 29.5 Å². The highest BCUT2D eigenvalue weighted by molar-refractivity contribution is 7.22. The Labute approximate surface area is 160 Å². The number of para-hydroxylation sites is 1. The Hall–Kier alpha value is -2.67. The van der Waals surface area contributed by atoms with E-state index in [4.69, 9.17) is 9.47 Å². The third-order valence-corrected chi connectivity index (χ3v) is 5.29. The lowest BCUT2D eigenvalue weighted by Gasteiger charge is -2.18. The maximum Gasteiger partial charge on any atom is 0.264 e. The zero-order valence-electron chi connectivity index (χ0n) is 15.3. The van der Waals surface area contributed by atoms with Crippen molar-refractivity contribution >= 4 is 32.6 Å². The first-order valence-electron chi connectivity index (χ1n) is 8.61. The van der Waals surface area contributed by atoms with Crippen LogP contribution in [0.15, 0.2) is 30.3 Å². The van der Waals surface area contributed by atoms with Gasteiger partial charge in [-0.15, -0.1) is 0 Å². The minimum absolute atomic E-state index is 0.183. The number of nitrogens with zero attached hydrogens (tertiary/aromatic N) is 1. The summed E-state index contributed by atoms with van der Waals surface area (Å²) in [5, 5.41) is 3.01. The summed E-state index contributed by atoms with van der Waals surface area (Å²) in [6.45, 7) is 5.52. The average molecular weight is 386 g/mol. The van der Waals surface area contributed by atoms with Gasteiger partial charge >= 0.3 is 0 Å². The van der Waals surface area contributed by atoms with Crippen LogP contribution < -0.4 is 14.8 Å². The first-order chi connectivity index (χ1) is 12.8. The number of hydrogen-bond donors (Lipinski definition) is 1. The number of carbonyl (C=O) groups excluding carboxylic acids is 1. The van der Waals surface area contributed by atoms with Crippen LogP contribution in [-0.2, 0) is 11.2 Å². The van der Waals surface area contributed by atoms with Crippen LogP contribution >= 0.6 is 11.3 Å². The Balaban J connectivity index is 1.44. The monoisotopic (exact) mass is 386 g/mol. The number of nitrogens with one attached hydrogen (secondary N) is 1. The SMILES string of the molecule is Cc1ccc2sc(NC(=O)COc3cccc4c3OC(C)(C)C4)nc2c1F. The Morgan fingerprint density at radius 1 is 1.37 bits per heavy atom. The molecular weight excluding hydrogens is 367 g/mol. The predicted molar refractivity (Wildman–Crippen MR) is 103 cm³/mol. The number of hydrogen-bond acceptors (Lipinski definition) is 5. The number of halogens is 1. The number of amides is 1. The van der Waals surface area contributed by atoms with E-state index >= 15 is 0 Å². The Bertz CT molecular complexity index is 1050. The van der Waals surface area contributed by atoms with E-state index in [9.17, 15) is 9.18 Å². The molecule has 0 spiro atoms. The third kappa shape index (κ3) is 3.47. The lowest BCUT2D eigenvalue weighted by molar-refractivity contribution is -0.118. The molecule has 1 amide bonds. The molecule has 0 radical (unpaired) electrons. The molecule has 0 aliphatic carbocycles. The van der Waals surface area contributed by atoms with E-state index in [0.29, 0.717) is 26.9 Å². The van der Waals surface area contributed by atoms with Crippen molar-refractivity contribution in [2.75, 3.05) is 11.9 Å². The van der Waals surface area contributed by atoms with Crippen LogP contribution in [-0.4, -0.2) is 23.1 Å². The number of anilines is 1. The molecule has 7 heteroatoms. The van der Waals surface area contributed by atoms with Crippen LogP contribution in [0.5, 0.6) is 11.5 Å². The number of fused-ring (bicyclic) bond motifs is 2. The number of carbonyl (C=O) groups is 1. The molecule has 1 aromatic heterocycles. The molecule has 140 valence electrons. The molecule has 0 saturated heterocycles. The van der Waals surface area contributed by atoms with Gasteiger partial charge in [0.1, 0.15) is 11.1 Å². The number of rotatable bonds is 4. The van der Waals surface area contributed by atoms with Gasteiger partial charge in [-0.3, -0.25) is 10.1 Å². The lowest BCUT2D eigenvalue weighted by atomic mass is 10.0. The van der Waals surface area contributed by atoms with E-state index in [1.165, 1.54) is 11.3 Å². The molecule has 1 aliphatic rings. The maximum atomic E-state index is 14.1. The summed E-state index contributed by atoms with van der Waals surface area (Å²) in [5.74, 6) is 0.508. The fraction of sp³-hybridized carbons (Fsp3) is 0.300. The van der Waals surface area contributed by atoms with Crippen molar-refractivity contribution in [3.8, 4) is 11.5 Å². The van der Waals surface area contributed by atoms with Gasteiger partial charge < -0.3 is 9.47 Å². The van der Waals surface area contributed by atoms with Gasteiger partial charge in [0.15, 0.2) is 29.1 Å². The molecule has 1 N–H and O–H groups in total. The van der Waals surface area contributed by atoms with Crippen molar-refractivity contribution in [1.82, 2.24) is 4.98 Å². The second-order valence-corrected chi connectivity index (χ2v) is 8.21. The highest BCUT2D eigenvalue weighted by Crippen LogP contribution is 2.41. The Kier molecular flexibility index (Phi) is 4.26. The minimum atomic E-state index is -0.361. The minimum Gasteiger partial charge on any atom is -0.483 e. The van der Waals surface area contributed by atoms with Crippen LogP contribution in [0.4, 0.5) is 9.52 Å².